The molecule has 0 heterocycles. The molecule has 0 amide bonds. The zero-order valence-electron chi connectivity index (χ0n) is 15.0. The van der Waals surface area contributed by atoms with Crippen LogP contribution in [0.2, 0.25) is 0 Å². The Bertz CT molecular complexity index is 409. The third-order valence-electron chi connectivity index (χ3n) is 2.90. The van der Waals surface area contributed by atoms with E-state index in [1.165, 1.54) is 0 Å². The lowest BCUT2D eigenvalue weighted by Crippen LogP contribution is -2.26. The molecule has 0 atom stereocenters. The molecule has 0 spiro atoms. The van der Waals surface area contributed by atoms with Crippen LogP contribution in [0.15, 0.2) is 0 Å². The lowest BCUT2D eigenvalue weighted by atomic mass is 9.97. The van der Waals surface area contributed by atoms with E-state index in [2.05, 4.69) is 0 Å². The molecule has 0 aliphatic heterocycles. The van der Waals surface area contributed by atoms with Crippen molar-refractivity contribution in [2.75, 3.05) is 0 Å². The molecule has 6 nitrogen and oxygen atoms in total. The monoisotopic (exact) mass is 328 g/mol. The molecule has 0 aliphatic rings. The van der Waals surface area contributed by atoms with E-state index in [9.17, 15) is 19.2 Å². The first-order chi connectivity index (χ1) is 10.3. The minimum atomic E-state index is -0.709. The van der Waals surface area contributed by atoms with Crippen molar-refractivity contribution < 1.29 is 28.7 Å². The van der Waals surface area contributed by atoms with Crippen LogP contribution in [-0.4, -0.2) is 23.9 Å². The highest BCUT2D eigenvalue weighted by Crippen LogP contribution is 2.17. The van der Waals surface area contributed by atoms with Gasteiger partial charge in [0.2, 0.25) is 0 Å². The fourth-order valence-corrected chi connectivity index (χ4v) is 1.33. The molecule has 0 saturated carbocycles. The van der Waals surface area contributed by atoms with Crippen molar-refractivity contribution in [2.45, 2.75) is 73.6 Å². The van der Waals surface area contributed by atoms with Gasteiger partial charge in [-0.15, -0.1) is 0 Å². The normalized spacial score (nSPS) is 11.7. The van der Waals surface area contributed by atoms with Crippen LogP contribution in [0.3, 0.4) is 0 Å². The van der Waals surface area contributed by atoms with Gasteiger partial charge in [-0.3, -0.25) is 19.2 Å². The van der Waals surface area contributed by atoms with E-state index in [-0.39, 0.29) is 12.8 Å². The van der Waals surface area contributed by atoms with E-state index in [1.54, 1.807) is 41.5 Å². The quantitative estimate of drug-likeness (QED) is 0.423. The summed E-state index contributed by atoms with van der Waals surface area (Å²) in [7, 11) is 0. The predicted octanol–water partition coefficient (Wildman–Crippen LogP) is 3.17. The van der Waals surface area contributed by atoms with Gasteiger partial charge < -0.3 is 9.47 Å². The molecule has 0 aromatic heterocycles. The topological polar surface area (TPSA) is 86.7 Å². The molecule has 0 aromatic rings. The van der Waals surface area contributed by atoms with Gasteiger partial charge in [-0.2, -0.15) is 0 Å². The molecule has 0 unspecified atom stereocenters. The van der Waals surface area contributed by atoms with Crippen LogP contribution in [0.5, 0.6) is 0 Å². The summed E-state index contributed by atoms with van der Waals surface area (Å²) in [5, 5.41) is 0. The largest absolute Gasteiger partial charge is 0.393 e. The summed E-state index contributed by atoms with van der Waals surface area (Å²) in [6.45, 7) is 10.0. The van der Waals surface area contributed by atoms with Crippen LogP contribution in [0.4, 0.5) is 0 Å². The second-order valence-corrected chi connectivity index (χ2v) is 7.58. The van der Waals surface area contributed by atoms with Crippen molar-refractivity contribution in [2.24, 2.45) is 10.8 Å². The van der Waals surface area contributed by atoms with E-state index in [4.69, 9.17) is 9.47 Å². The van der Waals surface area contributed by atoms with Gasteiger partial charge in [-0.1, -0.05) is 6.42 Å². The van der Waals surface area contributed by atoms with Gasteiger partial charge in [-0.05, 0) is 54.4 Å². The maximum Gasteiger partial charge on any atom is 0.318 e. The molecule has 0 fully saturated rings. The van der Waals surface area contributed by atoms with Crippen molar-refractivity contribution in [3.63, 3.8) is 0 Å². The van der Waals surface area contributed by atoms with Crippen LogP contribution in [0.25, 0.3) is 0 Å². The number of esters is 4. The molecule has 0 aliphatic carbocycles. The van der Waals surface area contributed by atoms with E-state index < -0.39 is 34.7 Å². The van der Waals surface area contributed by atoms with Crippen LogP contribution in [0, 0.1) is 10.8 Å². The summed E-state index contributed by atoms with van der Waals surface area (Å²) >= 11 is 0. The fraction of sp³-hybridized carbons (Fsp3) is 0.765. The van der Waals surface area contributed by atoms with Crippen molar-refractivity contribution in [1.82, 2.24) is 0 Å². The van der Waals surface area contributed by atoms with Gasteiger partial charge in [0.25, 0.3) is 0 Å². The average molecular weight is 328 g/mol. The Balaban J connectivity index is 3.85. The lowest BCUT2D eigenvalue weighted by Gasteiger charge is -2.15. The Labute approximate surface area is 137 Å². The van der Waals surface area contributed by atoms with Crippen molar-refractivity contribution in [3.05, 3.63) is 0 Å². The van der Waals surface area contributed by atoms with Crippen LogP contribution < -0.4 is 0 Å². The number of rotatable bonds is 6. The van der Waals surface area contributed by atoms with Gasteiger partial charge in [0.1, 0.15) is 0 Å². The average Bonchev–Trinajstić information content (AvgIpc) is 2.35. The van der Waals surface area contributed by atoms with E-state index >= 15 is 0 Å². The zero-order chi connectivity index (χ0) is 18.3. The van der Waals surface area contributed by atoms with Gasteiger partial charge in [0.05, 0.1) is 10.8 Å². The molecular formula is C17H28O6. The lowest BCUT2D eigenvalue weighted by molar-refractivity contribution is -0.167. The molecule has 23 heavy (non-hydrogen) atoms. The van der Waals surface area contributed by atoms with Gasteiger partial charge in [0, 0.05) is 12.8 Å². The predicted molar refractivity (Wildman–Crippen MR) is 84.2 cm³/mol. The van der Waals surface area contributed by atoms with Gasteiger partial charge in [-0.25, -0.2) is 0 Å². The van der Waals surface area contributed by atoms with Crippen molar-refractivity contribution in [1.29, 1.82) is 0 Å². The highest BCUT2D eigenvalue weighted by Gasteiger charge is 2.26. The Hall–Kier alpha value is -1.72. The Morgan fingerprint density at radius 3 is 1.17 bits per heavy atom. The summed E-state index contributed by atoms with van der Waals surface area (Å²) in [6, 6.07) is 0. The number of unbranched alkanes of at least 4 members (excludes halogenated alkanes) is 2. The number of hydrogen-bond donors (Lipinski definition) is 0. The molecule has 0 N–H and O–H groups in total. The molecule has 0 rings (SSSR count). The third-order valence-corrected chi connectivity index (χ3v) is 2.90. The molecular weight excluding hydrogens is 300 g/mol. The highest BCUT2D eigenvalue weighted by molar-refractivity contribution is 5.88. The van der Waals surface area contributed by atoms with Crippen LogP contribution in [-0.2, 0) is 28.7 Å². The third kappa shape index (κ3) is 9.81. The first-order valence-electron chi connectivity index (χ1n) is 7.84. The summed E-state index contributed by atoms with van der Waals surface area (Å²) in [5.74, 6) is -2.22. The first-order valence-corrected chi connectivity index (χ1v) is 7.84. The Morgan fingerprint density at radius 1 is 0.609 bits per heavy atom. The first kappa shape index (κ1) is 21.3. The minimum absolute atomic E-state index is 0.123. The Kier molecular flexibility index (Phi) is 8.14. The van der Waals surface area contributed by atoms with Gasteiger partial charge in [0.15, 0.2) is 0 Å². The number of carbonyl (C=O) groups excluding carboxylic acids is 4. The summed E-state index contributed by atoms with van der Waals surface area (Å²) in [4.78, 5) is 45.9. The second kappa shape index (κ2) is 8.79. The van der Waals surface area contributed by atoms with E-state index in [0.29, 0.717) is 19.3 Å². The molecule has 132 valence electrons. The number of carbonyl (C=O) groups is 4. The van der Waals surface area contributed by atoms with Crippen LogP contribution >= 0.6 is 0 Å². The summed E-state index contributed by atoms with van der Waals surface area (Å²) < 4.78 is 9.44. The maximum atomic E-state index is 11.5. The zero-order valence-corrected chi connectivity index (χ0v) is 15.0. The SMILES string of the molecule is CC(C)(C)C(=O)OC(=O)CCCCCC(=O)OC(=O)C(C)(C)C. The molecule has 0 radical (unpaired) electrons. The summed E-state index contributed by atoms with van der Waals surface area (Å²) in [6.07, 6.45) is 1.88. The Morgan fingerprint density at radius 2 is 0.913 bits per heavy atom. The van der Waals surface area contributed by atoms with Crippen molar-refractivity contribution >= 4 is 23.9 Å². The number of ether oxygens (including phenoxy) is 2. The number of hydrogen-bond acceptors (Lipinski definition) is 6. The summed E-state index contributed by atoms with van der Waals surface area (Å²) in [5.41, 5.74) is -1.42. The van der Waals surface area contributed by atoms with Crippen molar-refractivity contribution in [3.8, 4) is 0 Å². The smallest absolute Gasteiger partial charge is 0.318 e. The minimum Gasteiger partial charge on any atom is -0.393 e. The molecule has 6 heteroatoms. The van der Waals surface area contributed by atoms with E-state index in [0.717, 1.165) is 0 Å². The standard InChI is InChI=1S/C17H28O6/c1-16(2,3)14(20)22-12(18)10-8-7-9-11-13(19)23-15(21)17(4,5)6/h7-11H2,1-6H3. The van der Waals surface area contributed by atoms with Gasteiger partial charge >= 0.3 is 23.9 Å². The van der Waals surface area contributed by atoms with Crippen LogP contribution in [0.1, 0.15) is 73.6 Å². The molecule has 0 saturated heterocycles. The molecule has 0 bridgehead atoms. The second-order valence-electron chi connectivity index (χ2n) is 7.58. The fourth-order valence-electron chi connectivity index (χ4n) is 1.33. The maximum absolute atomic E-state index is 11.5. The highest BCUT2D eigenvalue weighted by atomic mass is 16.6. The van der Waals surface area contributed by atoms with E-state index in [1.807, 2.05) is 0 Å². The molecule has 0 aromatic carbocycles.